The van der Waals surface area contributed by atoms with Gasteiger partial charge in [-0.25, -0.2) is 4.79 Å². The Morgan fingerprint density at radius 1 is 1.24 bits per heavy atom. The summed E-state index contributed by atoms with van der Waals surface area (Å²) in [5, 5.41) is 0. The topological polar surface area (TPSA) is 50.7 Å². The average Bonchev–Trinajstić information content (AvgIpc) is 2.75. The van der Waals surface area contributed by atoms with Crippen LogP contribution in [0.5, 0.6) is 0 Å². The number of fused-ring (bicyclic) bond motifs is 1. The summed E-state index contributed by atoms with van der Waals surface area (Å²) >= 11 is 0. The molecule has 1 N–H and O–H groups in total. The highest BCUT2D eigenvalue weighted by Gasteiger charge is 2.30. The van der Waals surface area contributed by atoms with E-state index in [1.807, 2.05) is 0 Å². The highest BCUT2D eigenvalue weighted by Crippen LogP contribution is 2.30. The SMILES string of the molecule is O=c1[nH]c2cc(C(F)(F)F)ccc2n1Cc1cccnc1. The number of pyridine rings is 1. The Bertz CT molecular complexity index is 834. The number of rotatable bonds is 2. The minimum Gasteiger partial charge on any atom is -0.306 e. The van der Waals surface area contributed by atoms with Crippen LogP contribution in [-0.2, 0) is 12.7 Å². The molecule has 7 heteroatoms. The summed E-state index contributed by atoms with van der Waals surface area (Å²) in [4.78, 5) is 18.3. The number of benzene rings is 1. The highest BCUT2D eigenvalue weighted by molar-refractivity contribution is 5.76. The van der Waals surface area contributed by atoms with E-state index in [1.54, 1.807) is 24.5 Å². The van der Waals surface area contributed by atoms with E-state index in [1.165, 1.54) is 10.6 Å². The normalized spacial score (nSPS) is 12.0. The summed E-state index contributed by atoms with van der Waals surface area (Å²) in [6, 6.07) is 6.73. The van der Waals surface area contributed by atoms with Crippen molar-refractivity contribution in [2.75, 3.05) is 0 Å². The second kappa shape index (κ2) is 4.76. The van der Waals surface area contributed by atoms with Crippen LogP contribution < -0.4 is 5.69 Å². The quantitative estimate of drug-likeness (QED) is 0.790. The van der Waals surface area contributed by atoms with Gasteiger partial charge in [0.15, 0.2) is 0 Å². The lowest BCUT2D eigenvalue weighted by Gasteiger charge is -2.07. The molecule has 0 fully saturated rings. The van der Waals surface area contributed by atoms with E-state index in [0.29, 0.717) is 5.52 Å². The van der Waals surface area contributed by atoms with Crippen LogP contribution in [0.25, 0.3) is 11.0 Å². The first-order chi connectivity index (χ1) is 9.95. The molecule has 108 valence electrons. The van der Waals surface area contributed by atoms with Gasteiger partial charge in [0.1, 0.15) is 0 Å². The van der Waals surface area contributed by atoms with Crippen LogP contribution in [0.3, 0.4) is 0 Å². The predicted molar refractivity (Wildman–Crippen MR) is 70.9 cm³/mol. The molecule has 21 heavy (non-hydrogen) atoms. The number of imidazole rings is 1. The van der Waals surface area contributed by atoms with E-state index in [4.69, 9.17) is 0 Å². The molecule has 0 spiro atoms. The molecule has 0 aliphatic carbocycles. The van der Waals surface area contributed by atoms with E-state index >= 15 is 0 Å². The van der Waals surface area contributed by atoms with Crippen LogP contribution in [0.1, 0.15) is 11.1 Å². The maximum Gasteiger partial charge on any atom is 0.416 e. The highest BCUT2D eigenvalue weighted by atomic mass is 19.4. The van der Waals surface area contributed by atoms with Gasteiger partial charge in [-0.05, 0) is 29.8 Å². The zero-order valence-corrected chi connectivity index (χ0v) is 10.7. The van der Waals surface area contributed by atoms with Gasteiger partial charge in [0.2, 0.25) is 0 Å². The summed E-state index contributed by atoms with van der Waals surface area (Å²) in [6.07, 6.45) is -1.22. The third kappa shape index (κ3) is 2.54. The molecule has 2 heterocycles. The molecule has 0 aliphatic heterocycles. The average molecular weight is 293 g/mol. The lowest BCUT2D eigenvalue weighted by molar-refractivity contribution is -0.137. The zero-order valence-electron chi connectivity index (χ0n) is 10.7. The predicted octanol–water partition coefficient (Wildman–Crippen LogP) is 2.79. The number of halogens is 3. The monoisotopic (exact) mass is 293 g/mol. The fourth-order valence-electron chi connectivity index (χ4n) is 2.17. The van der Waals surface area contributed by atoms with Crippen molar-refractivity contribution in [3.63, 3.8) is 0 Å². The molecule has 2 aromatic heterocycles. The van der Waals surface area contributed by atoms with Crippen LogP contribution in [0, 0.1) is 0 Å². The summed E-state index contributed by atoms with van der Waals surface area (Å²) in [6.45, 7) is 0.248. The Balaban J connectivity index is 2.08. The van der Waals surface area contributed by atoms with Gasteiger partial charge in [-0.3, -0.25) is 9.55 Å². The van der Waals surface area contributed by atoms with Gasteiger partial charge < -0.3 is 4.98 Å². The fraction of sp³-hybridized carbons (Fsp3) is 0.143. The van der Waals surface area contributed by atoms with Crippen LogP contribution in [0.15, 0.2) is 47.5 Å². The minimum atomic E-state index is -4.43. The van der Waals surface area contributed by atoms with Crippen LogP contribution in [-0.4, -0.2) is 14.5 Å². The van der Waals surface area contributed by atoms with Gasteiger partial charge >= 0.3 is 11.9 Å². The number of hydrogen-bond acceptors (Lipinski definition) is 2. The standard InChI is InChI=1S/C14H10F3N3O/c15-14(16,17)10-3-4-12-11(6-10)19-13(21)20(12)8-9-2-1-5-18-7-9/h1-7H,8H2,(H,19,21). The lowest BCUT2D eigenvalue weighted by Crippen LogP contribution is -2.17. The van der Waals surface area contributed by atoms with Gasteiger partial charge in [-0.2, -0.15) is 13.2 Å². The summed E-state index contributed by atoms with van der Waals surface area (Å²) in [7, 11) is 0. The molecule has 1 aromatic carbocycles. The zero-order chi connectivity index (χ0) is 15.0. The number of aromatic amines is 1. The van der Waals surface area contributed by atoms with E-state index in [2.05, 4.69) is 9.97 Å². The molecule has 3 aromatic rings. The number of alkyl halides is 3. The second-order valence-corrected chi connectivity index (χ2v) is 4.61. The molecule has 0 amide bonds. The number of aromatic nitrogens is 3. The number of H-pyrrole nitrogens is 1. The van der Waals surface area contributed by atoms with Crippen molar-refractivity contribution in [3.05, 3.63) is 64.3 Å². The van der Waals surface area contributed by atoms with E-state index < -0.39 is 17.4 Å². The van der Waals surface area contributed by atoms with E-state index in [9.17, 15) is 18.0 Å². The maximum atomic E-state index is 12.7. The van der Waals surface area contributed by atoms with Crippen molar-refractivity contribution < 1.29 is 13.2 Å². The molecular weight excluding hydrogens is 283 g/mol. The first-order valence-corrected chi connectivity index (χ1v) is 6.14. The Morgan fingerprint density at radius 3 is 2.71 bits per heavy atom. The minimum absolute atomic E-state index is 0.165. The molecule has 4 nitrogen and oxygen atoms in total. The largest absolute Gasteiger partial charge is 0.416 e. The smallest absolute Gasteiger partial charge is 0.306 e. The van der Waals surface area contributed by atoms with Crippen molar-refractivity contribution >= 4 is 11.0 Å². The molecule has 0 bridgehead atoms. The van der Waals surface area contributed by atoms with E-state index in [0.717, 1.165) is 17.7 Å². The molecule has 0 saturated carbocycles. The third-order valence-corrected chi connectivity index (χ3v) is 3.16. The van der Waals surface area contributed by atoms with Gasteiger partial charge in [0, 0.05) is 12.4 Å². The van der Waals surface area contributed by atoms with Crippen LogP contribution in [0.2, 0.25) is 0 Å². The van der Waals surface area contributed by atoms with Crippen molar-refractivity contribution in [3.8, 4) is 0 Å². The maximum absolute atomic E-state index is 12.7. The number of hydrogen-bond donors (Lipinski definition) is 1. The first kappa shape index (κ1) is 13.4. The van der Waals surface area contributed by atoms with Gasteiger partial charge in [0.05, 0.1) is 23.1 Å². The van der Waals surface area contributed by atoms with Crippen LogP contribution >= 0.6 is 0 Å². The fourth-order valence-corrected chi connectivity index (χ4v) is 2.17. The van der Waals surface area contributed by atoms with Crippen molar-refractivity contribution in [2.45, 2.75) is 12.7 Å². The number of nitrogens with zero attached hydrogens (tertiary/aromatic N) is 2. The number of nitrogens with one attached hydrogen (secondary N) is 1. The molecule has 0 atom stereocenters. The Labute approximate surface area is 116 Å². The summed E-state index contributed by atoms with van der Waals surface area (Å²) in [5.41, 5.74) is 0.147. The van der Waals surface area contributed by atoms with Crippen LogP contribution in [0.4, 0.5) is 13.2 Å². The van der Waals surface area contributed by atoms with Crippen molar-refractivity contribution in [1.29, 1.82) is 0 Å². The third-order valence-electron chi connectivity index (χ3n) is 3.16. The lowest BCUT2D eigenvalue weighted by atomic mass is 10.2. The molecule has 0 radical (unpaired) electrons. The first-order valence-electron chi connectivity index (χ1n) is 6.14. The summed E-state index contributed by atoms with van der Waals surface area (Å²) in [5.74, 6) is 0. The van der Waals surface area contributed by atoms with Gasteiger partial charge in [-0.1, -0.05) is 6.07 Å². The van der Waals surface area contributed by atoms with Crippen molar-refractivity contribution in [1.82, 2.24) is 14.5 Å². The Kier molecular flexibility index (Phi) is 3.04. The Morgan fingerprint density at radius 2 is 2.05 bits per heavy atom. The molecular formula is C14H10F3N3O. The molecule has 0 aliphatic rings. The van der Waals surface area contributed by atoms with Gasteiger partial charge in [-0.15, -0.1) is 0 Å². The van der Waals surface area contributed by atoms with E-state index in [-0.39, 0.29) is 12.1 Å². The Hall–Kier alpha value is -2.57. The second-order valence-electron chi connectivity index (χ2n) is 4.61. The van der Waals surface area contributed by atoms with Gasteiger partial charge in [0.25, 0.3) is 0 Å². The molecule has 3 rings (SSSR count). The molecule has 0 unspecified atom stereocenters. The van der Waals surface area contributed by atoms with Crippen molar-refractivity contribution in [2.24, 2.45) is 0 Å². The molecule has 0 saturated heterocycles. The summed E-state index contributed by atoms with van der Waals surface area (Å²) < 4.78 is 39.4.